The molecule has 14 heavy (non-hydrogen) atoms. The maximum atomic E-state index is 5.90. The molecule has 0 atom stereocenters. The van der Waals surface area contributed by atoms with Crippen LogP contribution in [0.5, 0.6) is 0 Å². The summed E-state index contributed by atoms with van der Waals surface area (Å²) in [7, 11) is 0. The number of halogens is 3. The highest BCUT2D eigenvalue weighted by Gasteiger charge is 1.99. The zero-order valence-corrected chi connectivity index (χ0v) is 11.0. The van der Waals surface area contributed by atoms with E-state index in [1.54, 1.807) is 0 Å². The summed E-state index contributed by atoms with van der Waals surface area (Å²) in [5.41, 5.74) is 2.28. The van der Waals surface area contributed by atoms with Crippen LogP contribution >= 0.6 is 39.1 Å². The zero-order valence-electron chi connectivity index (χ0n) is 7.86. The first-order chi connectivity index (χ1) is 6.67. The summed E-state index contributed by atoms with van der Waals surface area (Å²) in [4.78, 5) is 0. The monoisotopic (exact) mass is 292 g/mol. The van der Waals surface area contributed by atoms with Gasteiger partial charge in [-0.2, -0.15) is 0 Å². The van der Waals surface area contributed by atoms with Gasteiger partial charge in [0.25, 0.3) is 0 Å². The van der Waals surface area contributed by atoms with Crippen molar-refractivity contribution in [2.75, 3.05) is 5.88 Å². The van der Waals surface area contributed by atoms with E-state index in [0.717, 1.165) is 21.5 Å². The van der Waals surface area contributed by atoms with Gasteiger partial charge >= 0.3 is 0 Å². The van der Waals surface area contributed by atoms with E-state index in [1.807, 2.05) is 18.2 Å². The Hall–Kier alpha value is 0.0200. The van der Waals surface area contributed by atoms with Gasteiger partial charge in [0.1, 0.15) is 0 Å². The van der Waals surface area contributed by atoms with Crippen molar-refractivity contribution in [1.29, 1.82) is 0 Å². The van der Waals surface area contributed by atoms with Gasteiger partial charge < -0.3 is 0 Å². The number of hydrogen-bond donors (Lipinski definition) is 0. The smallest absolute Gasteiger partial charge is 0.0436 e. The van der Waals surface area contributed by atoms with Crippen LogP contribution in [0.3, 0.4) is 0 Å². The molecule has 0 saturated carbocycles. The molecule has 0 fully saturated rings. The number of allylic oxidation sites excluding steroid dienone is 1. The molecule has 0 aliphatic rings. The third kappa shape index (κ3) is 3.30. The average Bonchev–Trinajstić information content (AvgIpc) is 2.19. The van der Waals surface area contributed by atoms with Gasteiger partial charge in [0.05, 0.1) is 0 Å². The van der Waals surface area contributed by atoms with Gasteiger partial charge in [-0.1, -0.05) is 46.1 Å². The molecule has 1 rings (SSSR count). The molecule has 1 aromatic carbocycles. The second-order valence-electron chi connectivity index (χ2n) is 2.96. The molecule has 76 valence electrons. The van der Waals surface area contributed by atoms with Gasteiger partial charge in [0.15, 0.2) is 0 Å². The lowest BCUT2D eigenvalue weighted by atomic mass is 10.1. The molecule has 0 aliphatic carbocycles. The van der Waals surface area contributed by atoms with Crippen LogP contribution in [-0.2, 0) is 0 Å². The fraction of sp³-hybridized carbons (Fsp3) is 0.273. The van der Waals surface area contributed by atoms with Crippen molar-refractivity contribution in [1.82, 2.24) is 0 Å². The molecular formula is C11H11BrCl2. The molecule has 0 radical (unpaired) electrons. The molecule has 0 aromatic heterocycles. The van der Waals surface area contributed by atoms with Crippen molar-refractivity contribution >= 4 is 45.2 Å². The molecule has 0 spiro atoms. The highest BCUT2D eigenvalue weighted by molar-refractivity contribution is 9.10. The lowest BCUT2D eigenvalue weighted by molar-refractivity contribution is 1.12. The summed E-state index contributed by atoms with van der Waals surface area (Å²) < 4.78 is 1.04. The Morgan fingerprint density at radius 1 is 1.50 bits per heavy atom. The summed E-state index contributed by atoms with van der Waals surface area (Å²) >= 11 is 15.2. The van der Waals surface area contributed by atoms with Crippen LogP contribution in [0.25, 0.3) is 6.08 Å². The molecular weight excluding hydrogens is 283 g/mol. The first-order valence-electron chi connectivity index (χ1n) is 4.37. The predicted octanol–water partition coefficient (Wildman–Crippen LogP) is 5.13. The number of hydrogen-bond acceptors (Lipinski definition) is 0. The lowest BCUT2D eigenvalue weighted by Crippen LogP contribution is -1.84. The molecule has 0 amide bonds. The van der Waals surface area contributed by atoms with Crippen LogP contribution in [0.4, 0.5) is 0 Å². The van der Waals surface area contributed by atoms with E-state index >= 15 is 0 Å². The Kier molecular flexibility index (Phi) is 5.00. The molecule has 0 unspecified atom stereocenters. The van der Waals surface area contributed by atoms with Crippen molar-refractivity contribution in [3.8, 4) is 0 Å². The van der Waals surface area contributed by atoms with Crippen molar-refractivity contribution in [2.24, 2.45) is 0 Å². The highest BCUT2D eigenvalue weighted by Crippen LogP contribution is 2.24. The van der Waals surface area contributed by atoms with Gasteiger partial charge in [0.2, 0.25) is 0 Å². The van der Waals surface area contributed by atoms with Crippen molar-refractivity contribution < 1.29 is 0 Å². The molecule has 1 aromatic rings. The lowest BCUT2D eigenvalue weighted by Gasteiger charge is -2.02. The minimum absolute atomic E-state index is 0.565. The first kappa shape index (κ1) is 12.1. The third-order valence-electron chi connectivity index (χ3n) is 1.94. The van der Waals surface area contributed by atoms with Crippen molar-refractivity contribution in [2.45, 2.75) is 13.3 Å². The summed E-state index contributed by atoms with van der Waals surface area (Å²) in [5.74, 6) is 0.565. The van der Waals surface area contributed by atoms with Crippen LogP contribution in [0, 0.1) is 0 Å². The highest BCUT2D eigenvalue weighted by atomic mass is 79.9. The average molecular weight is 294 g/mol. The van der Waals surface area contributed by atoms with Gasteiger partial charge in [-0.15, -0.1) is 11.6 Å². The first-order valence-corrected chi connectivity index (χ1v) is 6.08. The van der Waals surface area contributed by atoms with E-state index < -0.39 is 0 Å². The fourth-order valence-electron chi connectivity index (χ4n) is 1.08. The predicted molar refractivity (Wildman–Crippen MR) is 68.1 cm³/mol. The maximum absolute atomic E-state index is 5.90. The number of benzene rings is 1. The van der Waals surface area contributed by atoms with Crippen LogP contribution < -0.4 is 0 Å². The normalized spacial score (nSPS) is 11.9. The Balaban J connectivity index is 3.06. The molecule has 0 bridgehead atoms. The maximum Gasteiger partial charge on any atom is 0.0436 e. The molecule has 0 aliphatic heterocycles. The Bertz CT molecular complexity index is 339. The van der Waals surface area contributed by atoms with E-state index in [1.165, 1.54) is 5.57 Å². The van der Waals surface area contributed by atoms with Gasteiger partial charge in [-0.05, 0) is 30.2 Å². The molecule has 0 heterocycles. The quantitative estimate of drug-likeness (QED) is 0.677. The molecule has 0 nitrogen and oxygen atoms in total. The Labute approximate surface area is 103 Å². The second kappa shape index (κ2) is 5.79. The number of alkyl halides is 1. The minimum atomic E-state index is 0.565. The van der Waals surface area contributed by atoms with Gasteiger partial charge in [0, 0.05) is 15.4 Å². The summed E-state index contributed by atoms with van der Waals surface area (Å²) in [6.45, 7) is 2.09. The zero-order chi connectivity index (χ0) is 10.6. The van der Waals surface area contributed by atoms with E-state index in [9.17, 15) is 0 Å². The molecule has 0 N–H and O–H groups in total. The standard InChI is InChI=1S/C11H11BrCl2/c1-2-8(7-13)5-9-6-10(14)3-4-11(9)12/h3-6H,2,7H2,1H3. The van der Waals surface area contributed by atoms with E-state index in [0.29, 0.717) is 5.88 Å². The van der Waals surface area contributed by atoms with Gasteiger partial charge in [-0.3, -0.25) is 0 Å². The molecule has 3 heteroatoms. The summed E-state index contributed by atoms with van der Waals surface area (Å²) in [5, 5.41) is 0.740. The fourth-order valence-corrected chi connectivity index (χ4v) is 1.89. The number of rotatable bonds is 3. The topological polar surface area (TPSA) is 0 Å². The minimum Gasteiger partial charge on any atom is -0.122 e. The Morgan fingerprint density at radius 2 is 2.21 bits per heavy atom. The largest absolute Gasteiger partial charge is 0.122 e. The van der Waals surface area contributed by atoms with E-state index in [4.69, 9.17) is 23.2 Å². The van der Waals surface area contributed by atoms with Crippen LogP contribution in [0.2, 0.25) is 5.02 Å². The summed E-state index contributed by atoms with van der Waals surface area (Å²) in [6, 6.07) is 5.72. The summed E-state index contributed by atoms with van der Waals surface area (Å²) in [6.07, 6.45) is 3.03. The van der Waals surface area contributed by atoms with Gasteiger partial charge in [-0.25, -0.2) is 0 Å². The van der Waals surface area contributed by atoms with Crippen molar-refractivity contribution in [3.05, 3.63) is 38.8 Å². The SMILES string of the molecule is CCC(=Cc1cc(Cl)ccc1Br)CCl. The van der Waals surface area contributed by atoms with Crippen molar-refractivity contribution in [3.63, 3.8) is 0 Å². The van der Waals surface area contributed by atoms with Crippen LogP contribution in [0.15, 0.2) is 28.2 Å². The second-order valence-corrected chi connectivity index (χ2v) is 4.51. The van der Waals surface area contributed by atoms with E-state index in [-0.39, 0.29) is 0 Å². The molecule has 0 saturated heterocycles. The van der Waals surface area contributed by atoms with E-state index in [2.05, 4.69) is 28.9 Å². The Morgan fingerprint density at radius 3 is 2.79 bits per heavy atom. The third-order valence-corrected chi connectivity index (χ3v) is 3.24. The van der Waals surface area contributed by atoms with Crippen LogP contribution in [0.1, 0.15) is 18.9 Å². The van der Waals surface area contributed by atoms with Crippen LogP contribution in [-0.4, -0.2) is 5.88 Å².